The number of benzene rings is 1. The van der Waals surface area contributed by atoms with Crippen molar-refractivity contribution >= 4 is 0 Å². The SMILES string of the molecule is C=CC1CC(C=C)c2cc3c(cc21)OCO3. The van der Waals surface area contributed by atoms with Gasteiger partial charge in [-0.25, -0.2) is 0 Å². The van der Waals surface area contributed by atoms with Gasteiger partial charge in [0.2, 0.25) is 6.79 Å². The molecule has 3 rings (SSSR count). The van der Waals surface area contributed by atoms with Crippen molar-refractivity contribution in [2.24, 2.45) is 0 Å². The van der Waals surface area contributed by atoms with Gasteiger partial charge in [-0.05, 0) is 29.7 Å². The Bertz CT molecular complexity index is 421. The Morgan fingerprint density at radius 3 is 1.94 bits per heavy atom. The molecule has 2 nitrogen and oxygen atoms in total. The monoisotopic (exact) mass is 214 g/mol. The van der Waals surface area contributed by atoms with E-state index in [4.69, 9.17) is 9.47 Å². The molecule has 2 atom stereocenters. The molecule has 0 N–H and O–H groups in total. The average Bonchev–Trinajstić information content (AvgIpc) is 2.88. The summed E-state index contributed by atoms with van der Waals surface area (Å²) in [4.78, 5) is 0. The Morgan fingerprint density at radius 1 is 1.00 bits per heavy atom. The second kappa shape index (κ2) is 3.41. The molecule has 0 saturated heterocycles. The zero-order valence-electron chi connectivity index (χ0n) is 9.11. The van der Waals surface area contributed by atoms with Crippen LogP contribution in [-0.2, 0) is 0 Å². The van der Waals surface area contributed by atoms with Crippen LogP contribution in [0.5, 0.6) is 11.5 Å². The minimum absolute atomic E-state index is 0.329. The van der Waals surface area contributed by atoms with Gasteiger partial charge in [0.15, 0.2) is 11.5 Å². The molecule has 82 valence electrons. The minimum Gasteiger partial charge on any atom is -0.454 e. The number of allylic oxidation sites excluding steroid dienone is 2. The van der Waals surface area contributed by atoms with E-state index in [-0.39, 0.29) is 0 Å². The van der Waals surface area contributed by atoms with Gasteiger partial charge in [-0.1, -0.05) is 12.2 Å². The lowest BCUT2D eigenvalue weighted by molar-refractivity contribution is 0.174. The molecule has 2 heteroatoms. The van der Waals surface area contributed by atoms with E-state index >= 15 is 0 Å². The van der Waals surface area contributed by atoms with Gasteiger partial charge >= 0.3 is 0 Å². The lowest BCUT2D eigenvalue weighted by Crippen LogP contribution is -1.93. The van der Waals surface area contributed by atoms with E-state index in [0.717, 1.165) is 17.9 Å². The third kappa shape index (κ3) is 1.19. The van der Waals surface area contributed by atoms with Gasteiger partial charge in [0.25, 0.3) is 0 Å². The molecule has 1 aliphatic carbocycles. The minimum atomic E-state index is 0.329. The Kier molecular flexibility index (Phi) is 2.03. The average molecular weight is 214 g/mol. The van der Waals surface area contributed by atoms with Gasteiger partial charge in [0, 0.05) is 11.8 Å². The number of rotatable bonds is 2. The molecule has 0 radical (unpaired) electrons. The fourth-order valence-electron chi connectivity index (χ4n) is 2.59. The summed E-state index contributed by atoms with van der Waals surface area (Å²) in [7, 11) is 0. The summed E-state index contributed by atoms with van der Waals surface area (Å²) >= 11 is 0. The summed E-state index contributed by atoms with van der Waals surface area (Å²) < 4.78 is 10.8. The summed E-state index contributed by atoms with van der Waals surface area (Å²) in [5.74, 6) is 2.53. The van der Waals surface area contributed by atoms with Gasteiger partial charge in [0.05, 0.1) is 0 Å². The number of ether oxygens (including phenoxy) is 2. The van der Waals surface area contributed by atoms with Crippen LogP contribution in [0.15, 0.2) is 37.4 Å². The van der Waals surface area contributed by atoms with Crippen LogP contribution in [0.2, 0.25) is 0 Å². The third-order valence-electron chi connectivity index (χ3n) is 3.45. The molecule has 0 saturated carbocycles. The fraction of sp³-hybridized carbons (Fsp3) is 0.286. The van der Waals surface area contributed by atoms with Gasteiger partial charge < -0.3 is 9.47 Å². The standard InChI is InChI=1S/C14H14O2/c1-3-9-5-10(4-2)12-7-14-13(6-11(9)12)15-8-16-14/h3-4,6-7,9-10H,1-2,5,8H2. The van der Waals surface area contributed by atoms with Crippen LogP contribution >= 0.6 is 0 Å². The molecule has 0 spiro atoms. The number of hydrogen-bond donors (Lipinski definition) is 0. The molecule has 2 unspecified atom stereocenters. The molecule has 1 heterocycles. The molecule has 2 aliphatic rings. The molecule has 0 bridgehead atoms. The zero-order chi connectivity index (χ0) is 11.1. The molecular weight excluding hydrogens is 200 g/mol. The smallest absolute Gasteiger partial charge is 0.231 e. The summed E-state index contributed by atoms with van der Waals surface area (Å²) in [6.07, 6.45) is 5.07. The highest BCUT2D eigenvalue weighted by atomic mass is 16.7. The van der Waals surface area contributed by atoms with E-state index in [1.807, 2.05) is 12.2 Å². The van der Waals surface area contributed by atoms with E-state index < -0.39 is 0 Å². The Balaban J connectivity index is 2.15. The Morgan fingerprint density at radius 2 is 1.50 bits per heavy atom. The second-order valence-corrected chi connectivity index (χ2v) is 4.25. The van der Waals surface area contributed by atoms with E-state index in [0.29, 0.717) is 18.6 Å². The number of fused-ring (bicyclic) bond motifs is 2. The quantitative estimate of drug-likeness (QED) is 0.703. The van der Waals surface area contributed by atoms with Crippen molar-refractivity contribution in [3.05, 3.63) is 48.6 Å². The van der Waals surface area contributed by atoms with Crippen molar-refractivity contribution in [2.75, 3.05) is 6.79 Å². The molecule has 1 aromatic carbocycles. The summed E-state index contributed by atoms with van der Waals surface area (Å²) in [5, 5.41) is 0. The van der Waals surface area contributed by atoms with Crippen LogP contribution in [0.1, 0.15) is 29.4 Å². The molecular formula is C14H14O2. The maximum absolute atomic E-state index is 5.40. The van der Waals surface area contributed by atoms with Crippen molar-refractivity contribution < 1.29 is 9.47 Å². The van der Waals surface area contributed by atoms with Crippen LogP contribution in [-0.4, -0.2) is 6.79 Å². The Labute approximate surface area is 95.2 Å². The van der Waals surface area contributed by atoms with Crippen LogP contribution in [0.3, 0.4) is 0 Å². The summed E-state index contributed by atoms with van der Waals surface area (Å²) in [5.41, 5.74) is 2.62. The first-order valence-electron chi connectivity index (χ1n) is 5.52. The van der Waals surface area contributed by atoms with Crippen LogP contribution < -0.4 is 9.47 Å². The normalized spacial score (nSPS) is 25.2. The topological polar surface area (TPSA) is 18.5 Å². The highest BCUT2D eigenvalue weighted by molar-refractivity contribution is 5.54. The fourth-order valence-corrected chi connectivity index (χ4v) is 2.59. The lowest BCUT2D eigenvalue weighted by Gasteiger charge is -2.07. The maximum Gasteiger partial charge on any atom is 0.231 e. The lowest BCUT2D eigenvalue weighted by atomic mass is 10.0. The van der Waals surface area contributed by atoms with Crippen molar-refractivity contribution in [3.63, 3.8) is 0 Å². The van der Waals surface area contributed by atoms with Gasteiger partial charge in [-0.2, -0.15) is 0 Å². The van der Waals surface area contributed by atoms with Crippen molar-refractivity contribution in [1.82, 2.24) is 0 Å². The Hall–Kier alpha value is -1.70. The summed E-state index contributed by atoms with van der Waals surface area (Å²) in [6, 6.07) is 4.18. The highest BCUT2D eigenvalue weighted by Gasteiger charge is 2.30. The maximum atomic E-state index is 5.40. The molecule has 16 heavy (non-hydrogen) atoms. The molecule has 0 fully saturated rings. The van der Waals surface area contributed by atoms with Crippen molar-refractivity contribution in [3.8, 4) is 11.5 Å². The van der Waals surface area contributed by atoms with E-state index in [9.17, 15) is 0 Å². The van der Waals surface area contributed by atoms with Crippen LogP contribution in [0.25, 0.3) is 0 Å². The predicted molar refractivity (Wildman–Crippen MR) is 63.1 cm³/mol. The first-order valence-corrected chi connectivity index (χ1v) is 5.52. The largest absolute Gasteiger partial charge is 0.454 e. The van der Waals surface area contributed by atoms with Gasteiger partial charge in [0.1, 0.15) is 0 Å². The first kappa shape index (κ1) is 9.52. The van der Waals surface area contributed by atoms with Crippen LogP contribution in [0, 0.1) is 0 Å². The second-order valence-electron chi connectivity index (χ2n) is 4.25. The predicted octanol–water partition coefficient (Wildman–Crippen LogP) is 3.36. The van der Waals surface area contributed by atoms with E-state index in [2.05, 4.69) is 25.3 Å². The van der Waals surface area contributed by atoms with Crippen LogP contribution in [0.4, 0.5) is 0 Å². The first-order chi connectivity index (χ1) is 7.83. The van der Waals surface area contributed by atoms with Gasteiger partial charge in [-0.15, -0.1) is 13.2 Å². The summed E-state index contributed by atoms with van der Waals surface area (Å²) in [6.45, 7) is 8.12. The van der Waals surface area contributed by atoms with Crippen molar-refractivity contribution in [2.45, 2.75) is 18.3 Å². The van der Waals surface area contributed by atoms with E-state index in [1.165, 1.54) is 11.1 Å². The van der Waals surface area contributed by atoms with E-state index in [1.54, 1.807) is 0 Å². The molecule has 1 aromatic rings. The number of hydrogen-bond acceptors (Lipinski definition) is 2. The molecule has 0 aromatic heterocycles. The highest BCUT2D eigenvalue weighted by Crippen LogP contribution is 2.48. The van der Waals surface area contributed by atoms with Gasteiger partial charge in [-0.3, -0.25) is 0 Å². The molecule has 1 aliphatic heterocycles. The third-order valence-corrected chi connectivity index (χ3v) is 3.45. The molecule has 0 amide bonds. The van der Waals surface area contributed by atoms with Crippen molar-refractivity contribution in [1.29, 1.82) is 0 Å². The zero-order valence-corrected chi connectivity index (χ0v) is 9.11.